The molecule has 1 heterocycles. The van der Waals surface area contributed by atoms with Gasteiger partial charge in [0.25, 0.3) is 0 Å². The van der Waals surface area contributed by atoms with E-state index in [0.29, 0.717) is 6.04 Å². The Morgan fingerprint density at radius 1 is 1.40 bits per heavy atom. The fourth-order valence-electron chi connectivity index (χ4n) is 3.31. The first kappa shape index (κ1) is 14.0. The molecule has 4 nitrogen and oxygen atoms in total. The number of ether oxygens (including phenoxy) is 1. The van der Waals surface area contributed by atoms with E-state index >= 15 is 0 Å². The molecule has 2 aliphatic carbocycles. The van der Waals surface area contributed by atoms with Crippen molar-refractivity contribution in [1.29, 1.82) is 0 Å². The highest BCUT2D eigenvalue weighted by molar-refractivity contribution is 5.26. The molecule has 0 spiro atoms. The molecule has 1 aromatic rings. The summed E-state index contributed by atoms with van der Waals surface area (Å²) in [6.07, 6.45) is 10.0. The van der Waals surface area contributed by atoms with Crippen molar-refractivity contribution in [3.05, 3.63) is 23.3 Å². The molecule has 1 saturated carbocycles. The van der Waals surface area contributed by atoms with Crippen LogP contribution in [0.1, 0.15) is 68.6 Å². The van der Waals surface area contributed by atoms with Gasteiger partial charge in [-0.25, -0.2) is 9.97 Å². The van der Waals surface area contributed by atoms with Crippen LogP contribution in [0.4, 0.5) is 0 Å². The minimum Gasteiger partial charge on any atom is -0.370 e. The zero-order chi connectivity index (χ0) is 14.0. The molecule has 1 atom stereocenters. The fourth-order valence-corrected chi connectivity index (χ4v) is 3.31. The summed E-state index contributed by atoms with van der Waals surface area (Å²) in [5.74, 6) is 0.904. The molecule has 110 valence electrons. The van der Waals surface area contributed by atoms with Crippen LogP contribution in [0.3, 0.4) is 0 Å². The lowest BCUT2D eigenvalue weighted by Crippen LogP contribution is -2.38. The second-order valence-corrected chi connectivity index (χ2v) is 6.05. The first-order valence-electron chi connectivity index (χ1n) is 7.94. The Hall–Kier alpha value is -1.00. The predicted octanol–water partition coefficient (Wildman–Crippen LogP) is 2.88. The summed E-state index contributed by atoms with van der Waals surface area (Å²) in [7, 11) is 1.79. The van der Waals surface area contributed by atoms with Crippen molar-refractivity contribution in [2.75, 3.05) is 13.7 Å². The maximum atomic E-state index is 5.70. The van der Waals surface area contributed by atoms with Crippen molar-refractivity contribution in [1.82, 2.24) is 15.3 Å². The number of hydrogen-bond donors (Lipinski definition) is 1. The van der Waals surface area contributed by atoms with Crippen molar-refractivity contribution in [3.63, 3.8) is 0 Å². The maximum absolute atomic E-state index is 5.70. The normalized spacial score (nSPS) is 24.0. The van der Waals surface area contributed by atoms with Crippen molar-refractivity contribution < 1.29 is 4.74 Å². The maximum Gasteiger partial charge on any atom is 0.160 e. The zero-order valence-corrected chi connectivity index (χ0v) is 12.6. The van der Waals surface area contributed by atoms with Crippen LogP contribution in [0.25, 0.3) is 0 Å². The smallest absolute Gasteiger partial charge is 0.160 e. The second kappa shape index (κ2) is 5.78. The van der Waals surface area contributed by atoms with Crippen molar-refractivity contribution in [2.24, 2.45) is 0 Å². The highest BCUT2D eigenvalue weighted by atomic mass is 16.5. The lowest BCUT2D eigenvalue weighted by molar-refractivity contribution is -0.0848. The largest absolute Gasteiger partial charge is 0.370 e. The van der Waals surface area contributed by atoms with E-state index in [0.717, 1.165) is 38.1 Å². The first-order chi connectivity index (χ1) is 9.79. The van der Waals surface area contributed by atoms with Crippen LogP contribution in [0.2, 0.25) is 0 Å². The minimum atomic E-state index is -0.196. The van der Waals surface area contributed by atoms with Gasteiger partial charge in [-0.05, 0) is 51.5 Å². The van der Waals surface area contributed by atoms with Crippen molar-refractivity contribution in [3.8, 4) is 0 Å². The van der Waals surface area contributed by atoms with E-state index in [1.165, 1.54) is 30.5 Å². The molecule has 1 unspecified atom stereocenters. The third-order valence-corrected chi connectivity index (χ3v) is 4.78. The summed E-state index contributed by atoms with van der Waals surface area (Å²) in [6, 6.07) is 0.438. The Labute approximate surface area is 121 Å². The Kier molecular flexibility index (Phi) is 4.03. The number of rotatable bonds is 5. The van der Waals surface area contributed by atoms with Crippen LogP contribution in [-0.2, 0) is 16.8 Å². The van der Waals surface area contributed by atoms with Gasteiger partial charge in [-0.1, -0.05) is 6.92 Å². The zero-order valence-electron chi connectivity index (χ0n) is 12.6. The molecular formula is C16H25N3O. The lowest BCUT2D eigenvalue weighted by Gasteiger charge is -2.39. The molecule has 0 aliphatic heterocycles. The molecule has 1 aromatic heterocycles. The third kappa shape index (κ3) is 2.35. The summed E-state index contributed by atoms with van der Waals surface area (Å²) >= 11 is 0. The van der Waals surface area contributed by atoms with Gasteiger partial charge in [0.1, 0.15) is 5.60 Å². The Bertz CT molecular complexity index is 465. The SMILES string of the molecule is CCCNC1CCCc2nc(C3(OC)CCC3)ncc21. The third-order valence-electron chi connectivity index (χ3n) is 4.78. The summed E-state index contributed by atoms with van der Waals surface area (Å²) < 4.78 is 5.70. The predicted molar refractivity (Wildman–Crippen MR) is 78.5 cm³/mol. The topological polar surface area (TPSA) is 47.0 Å². The molecular weight excluding hydrogens is 250 g/mol. The Morgan fingerprint density at radius 3 is 2.90 bits per heavy atom. The standard InChI is InChI=1S/C16H25N3O/c1-3-10-17-13-6-4-7-14-12(13)11-18-15(19-14)16(20-2)8-5-9-16/h11,13,17H,3-10H2,1-2H3. The van der Waals surface area contributed by atoms with Crippen molar-refractivity contribution in [2.45, 2.75) is 63.5 Å². The molecule has 1 fully saturated rings. The quantitative estimate of drug-likeness (QED) is 0.897. The lowest BCUT2D eigenvalue weighted by atomic mass is 9.79. The fraction of sp³-hybridized carbons (Fsp3) is 0.750. The van der Waals surface area contributed by atoms with Crippen LogP contribution >= 0.6 is 0 Å². The molecule has 3 rings (SSSR count). The van der Waals surface area contributed by atoms with E-state index in [2.05, 4.69) is 17.2 Å². The van der Waals surface area contributed by atoms with E-state index in [4.69, 9.17) is 9.72 Å². The van der Waals surface area contributed by atoms with Crippen LogP contribution in [0.15, 0.2) is 6.20 Å². The number of aromatic nitrogens is 2. The molecule has 4 heteroatoms. The van der Waals surface area contributed by atoms with E-state index in [1.807, 2.05) is 6.20 Å². The van der Waals surface area contributed by atoms with Gasteiger partial charge in [-0.2, -0.15) is 0 Å². The summed E-state index contributed by atoms with van der Waals surface area (Å²) in [6.45, 7) is 3.27. The van der Waals surface area contributed by atoms with Gasteiger partial charge in [0.05, 0.1) is 0 Å². The molecule has 0 aromatic carbocycles. The second-order valence-electron chi connectivity index (χ2n) is 6.05. The number of aryl methyl sites for hydroxylation is 1. The molecule has 0 radical (unpaired) electrons. The number of nitrogens with one attached hydrogen (secondary N) is 1. The van der Waals surface area contributed by atoms with Gasteiger partial charge in [0.15, 0.2) is 5.82 Å². The molecule has 0 amide bonds. The Morgan fingerprint density at radius 2 is 2.25 bits per heavy atom. The van der Waals surface area contributed by atoms with E-state index in [1.54, 1.807) is 7.11 Å². The highest BCUT2D eigenvalue weighted by Gasteiger charge is 2.42. The summed E-state index contributed by atoms with van der Waals surface area (Å²) in [4.78, 5) is 9.50. The monoisotopic (exact) mass is 275 g/mol. The van der Waals surface area contributed by atoms with E-state index in [9.17, 15) is 0 Å². The first-order valence-corrected chi connectivity index (χ1v) is 7.94. The van der Waals surface area contributed by atoms with Crippen LogP contribution in [-0.4, -0.2) is 23.6 Å². The average molecular weight is 275 g/mol. The van der Waals surface area contributed by atoms with Gasteiger partial charge in [0.2, 0.25) is 0 Å². The average Bonchev–Trinajstić information content (AvgIpc) is 2.44. The van der Waals surface area contributed by atoms with Gasteiger partial charge >= 0.3 is 0 Å². The van der Waals surface area contributed by atoms with Gasteiger partial charge in [-0.15, -0.1) is 0 Å². The summed E-state index contributed by atoms with van der Waals surface area (Å²) in [5, 5.41) is 3.62. The molecule has 0 saturated heterocycles. The molecule has 20 heavy (non-hydrogen) atoms. The van der Waals surface area contributed by atoms with Gasteiger partial charge in [-0.3, -0.25) is 0 Å². The number of nitrogens with zero attached hydrogens (tertiary/aromatic N) is 2. The van der Waals surface area contributed by atoms with Gasteiger partial charge < -0.3 is 10.1 Å². The van der Waals surface area contributed by atoms with Crippen molar-refractivity contribution >= 4 is 0 Å². The van der Waals surface area contributed by atoms with Gasteiger partial charge in [0, 0.05) is 30.6 Å². The van der Waals surface area contributed by atoms with E-state index in [-0.39, 0.29) is 5.60 Å². The van der Waals surface area contributed by atoms with Crippen LogP contribution in [0, 0.1) is 0 Å². The number of methoxy groups -OCH3 is 1. The van der Waals surface area contributed by atoms with Crippen LogP contribution < -0.4 is 5.32 Å². The Balaban J connectivity index is 1.85. The highest BCUT2D eigenvalue weighted by Crippen LogP contribution is 2.43. The molecule has 1 N–H and O–H groups in total. The summed E-state index contributed by atoms with van der Waals surface area (Å²) in [5.41, 5.74) is 2.34. The van der Waals surface area contributed by atoms with E-state index < -0.39 is 0 Å². The molecule has 0 bridgehead atoms. The van der Waals surface area contributed by atoms with Crippen LogP contribution in [0.5, 0.6) is 0 Å². The molecule has 2 aliphatic rings. The number of fused-ring (bicyclic) bond motifs is 1. The number of hydrogen-bond acceptors (Lipinski definition) is 4. The minimum absolute atomic E-state index is 0.196.